The molecule has 0 radical (unpaired) electrons. The number of phenolic OH excluding ortho intramolecular Hbond substituents is 1. The molecule has 2 N–H and O–H groups in total. The van der Waals surface area contributed by atoms with Crippen LogP contribution in [0, 0.1) is 0 Å². The van der Waals surface area contributed by atoms with Gasteiger partial charge in [0.25, 0.3) is 11.8 Å². The molecule has 5 nitrogen and oxygen atoms in total. The van der Waals surface area contributed by atoms with Gasteiger partial charge in [-0.15, -0.1) is 0 Å². The average molecular weight is 204 g/mol. The topological polar surface area (TPSA) is 69.6 Å². The first-order valence-corrected chi connectivity index (χ1v) is 4.28. The van der Waals surface area contributed by atoms with Crippen molar-refractivity contribution in [2.24, 2.45) is 0 Å². The van der Waals surface area contributed by atoms with Gasteiger partial charge in [-0.05, 0) is 12.1 Å². The number of nitrogens with zero attached hydrogens (tertiary/aromatic N) is 1. The number of aromatic hydroxyl groups is 1. The van der Waals surface area contributed by atoms with Crippen LogP contribution in [0.5, 0.6) is 5.75 Å². The Kier molecular flexibility index (Phi) is 2.13. The number of hydrogen-bond donors (Lipinski definition) is 2. The van der Waals surface area contributed by atoms with Gasteiger partial charge in [0.05, 0.1) is 5.69 Å². The van der Waals surface area contributed by atoms with Crippen molar-refractivity contribution in [1.29, 1.82) is 0 Å². The molecule has 1 heterocycles. The Morgan fingerprint density at radius 3 is 2.40 bits per heavy atom. The molecule has 0 unspecified atom stereocenters. The van der Waals surface area contributed by atoms with E-state index in [2.05, 4.69) is 5.43 Å². The highest BCUT2D eigenvalue weighted by atomic mass is 16.3. The van der Waals surface area contributed by atoms with Crippen LogP contribution in [-0.2, 0) is 9.59 Å². The standard InChI is InChI=1S/C10H8N2O3/c13-8-3-1-2-7(6-8)11-12-9(14)4-5-10(12)15/h1-6,11,13H. The SMILES string of the molecule is O=C1C=CC(=O)N1Nc1cccc(O)c1. The quantitative estimate of drug-likeness (QED) is 0.694. The molecule has 5 heteroatoms. The zero-order chi connectivity index (χ0) is 10.8. The number of phenols is 1. The predicted molar refractivity (Wildman–Crippen MR) is 52.7 cm³/mol. The largest absolute Gasteiger partial charge is 0.508 e. The van der Waals surface area contributed by atoms with Crippen LogP contribution >= 0.6 is 0 Å². The van der Waals surface area contributed by atoms with E-state index in [-0.39, 0.29) is 5.75 Å². The van der Waals surface area contributed by atoms with Gasteiger partial charge >= 0.3 is 0 Å². The first-order valence-electron chi connectivity index (χ1n) is 4.28. The van der Waals surface area contributed by atoms with Gasteiger partial charge in [0.15, 0.2) is 0 Å². The van der Waals surface area contributed by atoms with Crippen molar-refractivity contribution in [2.45, 2.75) is 0 Å². The number of hydrogen-bond acceptors (Lipinski definition) is 4. The van der Waals surface area contributed by atoms with Gasteiger partial charge in [0.1, 0.15) is 5.75 Å². The van der Waals surface area contributed by atoms with Crippen molar-refractivity contribution in [3.8, 4) is 5.75 Å². The molecule has 1 aromatic carbocycles. The Hall–Kier alpha value is -2.30. The summed E-state index contributed by atoms with van der Waals surface area (Å²) in [5, 5.41) is 10.0. The molecule has 0 spiro atoms. The third kappa shape index (κ3) is 1.80. The van der Waals surface area contributed by atoms with Crippen LogP contribution in [-0.4, -0.2) is 21.9 Å². The number of rotatable bonds is 2. The summed E-state index contributed by atoms with van der Waals surface area (Å²) in [5.41, 5.74) is 3.07. The summed E-state index contributed by atoms with van der Waals surface area (Å²) in [6, 6.07) is 6.16. The van der Waals surface area contributed by atoms with Crippen LogP contribution < -0.4 is 5.43 Å². The number of amides is 2. The Labute approximate surface area is 85.6 Å². The van der Waals surface area contributed by atoms with Crippen molar-refractivity contribution < 1.29 is 14.7 Å². The Balaban J connectivity index is 2.16. The van der Waals surface area contributed by atoms with Gasteiger partial charge in [-0.1, -0.05) is 6.07 Å². The van der Waals surface area contributed by atoms with Gasteiger partial charge in [0, 0.05) is 18.2 Å². The summed E-state index contributed by atoms with van der Waals surface area (Å²) in [4.78, 5) is 22.3. The van der Waals surface area contributed by atoms with E-state index in [0.29, 0.717) is 5.69 Å². The molecule has 0 aromatic heterocycles. The van der Waals surface area contributed by atoms with E-state index in [1.54, 1.807) is 12.1 Å². The molecule has 2 rings (SSSR count). The highest BCUT2D eigenvalue weighted by Gasteiger charge is 2.23. The molecule has 0 atom stereocenters. The molecular formula is C10H8N2O3. The molecule has 0 saturated carbocycles. The first kappa shape index (κ1) is 9.26. The van der Waals surface area contributed by atoms with E-state index in [1.807, 2.05) is 0 Å². The fourth-order valence-electron chi connectivity index (χ4n) is 1.22. The first-order chi connectivity index (χ1) is 7.16. The molecule has 2 amide bonds. The molecule has 1 aliphatic rings. The summed E-state index contributed by atoms with van der Waals surface area (Å²) in [5.74, 6) is -0.793. The van der Waals surface area contributed by atoms with Gasteiger partial charge in [-0.2, -0.15) is 5.01 Å². The van der Waals surface area contributed by atoms with Crippen molar-refractivity contribution in [2.75, 3.05) is 5.43 Å². The third-order valence-corrected chi connectivity index (χ3v) is 1.90. The van der Waals surface area contributed by atoms with E-state index in [0.717, 1.165) is 5.01 Å². The second kappa shape index (κ2) is 3.45. The highest BCUT2D eigenvalue weighted by molar-refractivity contribution is 6.13. The van der Waals surface area contributed by atoms with Crippen LogP contribution in [0.15, 0.2) is 36.4 Å². The van der Waals surface area contributed by atoms with Crippen LogP contribution in [0.25, 0.3) is 0 Å². The normalized spacial score (nSPS) is 14.8. The number of anilines is 1. The lowest BCUT2D eigenvalue weighted by Crippen LogP contribution is -2.35. The smallest absolute Gasteiger partial charge is 0.272 e. The summed E-state index contributed by atoms with van der Waals surface area (Å²) < 4.78 is 0. The number of nitrogens with one attached hydrogen (secondary N) is 1. The third-order valence-electron chi connectivity index (χ3n) is 1.90. The van der Waals surface area contributed by atoms with Gasteiger partial charge in [0.2, 0.25) is 0 Å². The van der Waals surface area contributed by atoms with Crippen molar-refractivity contribution in [3.63, 3.8) is 0 Å². The minimum Gasteiger partial charge on any atom is -0.508 e. The zero-order valence-corrected chi connectivity index (χ0v) is 7.68. The lowest BCUT2D eigenvalue weighted by Gasteiger charge is -2.16. The average Bonchev–Trinajstić information content (AvgIpc) is 2.50. The maximum absolute atomic E-state index is 11.2. The minimum absolute atomic E-state index is 0.0621. The van der Waals surface area contributed by atoms with E-state index in [1.165, 1.54) is 24.3 Å². The summed E-state index contributed by atoms with van der Waals surface area (Å²) in [6.45, 7) is 0. The van der Waals surface area contributed by atoms with Crippen molar-refractivity contribution in [3.05, 3.63) is 36.4 Å². The summed E-state index contributed by atoms with van der Waals surface area (Å²) in [7, 11) is 0. The van der Waals surface area contributed by atoms with E-state index >= 15 is 0 Å². The number of imide groups is 1. The monoisotopic (exact) mass is 204 g/mol. The van der Waals surface area contributed by atoms with Crippen molar-refractivity contribution in [1.82, 2.24) is 5.01 Å². The Morgan fingerprint density at radius 2 is 1.80 bits per heavy atom. The van der Waals surface area contributed by atoms with E-state index in [4.69, 9.17) is 0 Å². The fraction of sp³-hybridized carbons (Fsp3) is 0. The molecule has 1 aromatic rings. The second-order valence-corrected chi connectivity index (χ2v) is 3.01. The molecule has 76 valence electrons. The predicted octanol–water partition coefficient (Wildman–Crippen LogP) is 0.644. The molecule has 0 aliphatic carbocycles. The molecule has 0 bridgehead atoms. The van der Waals surface area contributed by atoms with Gasteiger partial charge in [-0.25, -0.2) is 0 Å². The van der Waals surface area contributed by atoms with Gasteiger partial charge in [-0.3, -0.25) is 15.0 Å². The minimum atomic E-state index is -0.427. The number of hydrazine groups is 1. The maximum Gasteiger partial charge on any atom is 0.272 e. The molecule has 0 fully saturated rings. The van der Waals surface area contributed by atoms with Crippen LogP contribution in [0.4, 0.5) is 5.69 Å². The van der Waals surface area contributed by atoms with Crippen LogP contribution in [0.1, 0.15) is 0 Å². The van der Waals surface area contributed by atoms with Gasteiger partial charge < -0.3 is 5.11 Å². The van der Waals surface area contributed by atoms with Crippen molar-refractivity contribution >= 4 is 17.5 Å². The molecular weight excluding hydrogens is 196 g/mol. The number of carbonyl (C=O) groups excluding carboxylic acids is 2. The maximum atomic E-state index is 11.2. The summed E-state index contributed by atoms with van der Waals surface area (Å²) in [6.07, 6.45) is 2.36. The lowest BCUT2D eigenvalue weighted by molar-refractivity contribution is -0.135. The molecule has 1 aliphatic heterocycles. The molecule has 15 heavy (non-hydrogen) atoms. The van der Waals surface area contributed by atoms with E-state index in [9.17, 15) is 14.7 Å². The highest BCUT2D eigenvalue weighted by Crippen LogP contribution is 2.17. The Morgan fingerprint density at radius 1 is 1.13 bits per heavy atom. The lowest BCUT2D eigenvalue weighted by atomic mass is 10.3. The fourth-order valence-corrected chi connectivity index (χ4v) is 1.22. The Bertz CT molecular complexity index is 436. The van der Waals surface area contributed by atoms with Crippen LogP contribution in [0.2, 0.25) is 0 Å². The number of benzene rings is 1. The second-order valence-electron chi connectivity index (χ2n) is 3.01. The van der Waals surface area contributed by atoms with Crippen LogP contribution in [0.3, 0.4) is 0 Å². The zero-order valence-electron chi connectivity index (χ0n) is 7.68. The summed E-state index contributed by atoms with van der Waals surface area (Å²) >= 11 is 0. The van der Waals surface area contributed by atoms with E-state index < -0.39 is 11.8 Å². The molecule has 0 saturated heterocycles. The number of carbonyl (C=O) groups is 2.